The highest BCUT2D eigenvalue weighted by Crippen LogP contribution is 2.36. The number of sulfonamides is 1. The first-order valence-electron chi connectivity index (χ1n) is 14.5. The molecule has 1 atom stereocenters. The molecule has 2 heterocycles. The molecule has 1 aliphatic carbocycles. The molecule has 0 unspecified atom stereocenters. The van der Waals surface area contributed by atoms with Gasteiger partial charge in [0.1, 0.15) is 0 Å². The molecule has 1 amide bonds. The van der Waals surface area contributed by atoms with Crippen LogP contribution in [0, 0.1) is 11.8 Å². The summed E-state index contributed by atoms with van der Waals surface area (Å²) >= 11 is 6.70. The van der Waals surface area contributed by atoms with Gasteiger partial charge in [0, 0.05) is 36.5 Å². The van der Waals surface area contributed by atoms with E-state index < -0.39 is 10.0 Å². The van der Waals surface area contributed by atoms with E-state index in [-0.39, 0.29) is 28.8 Å². The van der Waals surface area contributed by atoms with Crippen LogP contribution < -0.4 is 4.72 Å². The zero-order valence-corrected chi connectivity index (χ0v) is 25.6. The number of morpholine rings is 1. The van der Waals surface area contributed by atoms with Crippen LogP contribution in [0.25, 0.3) is 22.2 Å². The standard InChI is InChI=1S/C31H40ClN3O5S/c1-20(2)28-19-40-17-15-35(28)31(36)23-8-10-24(11-9-23)34-41(37,38)25-12-13-26-27(18-25)33-30(29(26)32)22-6-4-21(5-7-22)14-16-39-3/h4-7,12-13,18,20,23-24,28,33-34H,8-11,14-17,19H2,1-3H3/t23?,24?,28-/m1/s1. The average molecular weight is 602 g/mol. The van der Waals surface area contributed by atoms with Crippen molar-refractivity contribution in [3.05, 3.63) is 53.1 Å². The van der Waals surface area contributed by atoms with Gasteiger partial charge < -0.3 is 19.4 Å². The Morgan fingerprint density at radius 2 is 1.88 bits per heavy atom. The first-order valence-corrected chi connectivity index (χ1v) is 16.3. The summed E-state index contributed by atoms with van der Waals surface area (Å²) in [6, 6.07) is 13.0. The number of fused-ring (bicyclic) bond motifs is 1. The molecule has 8 nitrogen and oxygen atoms in total. The number of amides is 1. The summed E-state index contributed by atoms with van der Waals surface area (Å²) in [5.41, 5.74) is 3.51. The molecule has 2 aliphatic rings. The minimum absolute atomic E-state index is 0.0695. The normalized spacial score (nSPS) is 22.0. The lowest BCUT2D eigenvalue weighted by Gasteiger charge is -2.41. The predicted octanol–water partition coefficient (Wildman–Crippen LogP) is 5.40. The van der Waals surface area contributed by atoms with Crippen molar-refractivity contribution >= 4 is 38.4 Å². The maximum absolute atomic E-state index is 13.4. The van der Waals surface area contributed by atoms with Crippen molar-refractivity contribution in [2.24, 2.45) is 11.8 Å². The van der Waals surface area contributed by atoms with Gasteiger partial charge in [-0.25, -0.2) is 13.1 Å². The molecular weight excluding hydrogens is 562 g/mol. The molecule has 0 bridgehead atoms. The summed E-state index contributed by atoms with van der Waals surface area (Å²) in [7, 11) is -2.06. The number of nitrogens with one attached hydrogen (secondary N) is 2. The Balaban J connectivity index is 1.24. The van der Waals surface area contributed by atoms with Crippen molar-refractivity contribution < 1.29 is 22.7 Å². The van der Waals surface area contributed by atoms with Gasteiger partial charge in [-0.15, -0.1) is 0 Å². The lowest BCUT2D eigenvalue weighted by molar-refractivity contribution is -0.147. The molecule has 2 aromatic carbocycles. The zero-order chi connectivity index (χ0) is 29.1. The second-order valence-electron chi connectivity index (χ2n) is 11.5. The number of H-pyrrole nitrogens is 1. The largest absolute Gasteiger partial charge is 0.384 e. The van der Waals surface area contributed by atoms with Crippen LogP contribution in [0.2, 0.25) is 5.02 Å². The van der Waals surface area contributed by atoms with Crippen molar-refractivity contribution in [2.75, 3.05) is 33.5 Å². The third kappa shape index (κ3) is 6.65. The Kier molecular flexibility index (Phi) is 9.40. The fourth-order valence-corrected chi connectivity index (χ4v) is 7.65. The summed E-state index contributed by atoms with van der Waals surface area (Å²) in [6.45, 7) is 6.67. The number of hydrogen-bond donors (Lipinski definition) is 2. The number of nitrogens with zero attached hydrogens (tertiary/aromatic N) is 1. The molecule has 3 aromatic rings. The second kappa shape index (κ2) is 12.8. The molecule has 1 saturated carbocycles. The van der Waals surface area contributed by atoms with Crippen molar-refractivity contribution in [3.63, 3.8) is 0 Å². The van der Waals surface area contributed by atoms with E-state index in [0.29, 0.717) is 68.5 Å². The van der Waals surface area contributed by atoms with E-state index in [4.69, 9.17) is 21.1 Å². The van der Waals surface area contributed by atoms with Crippen LogP contribution in [-0.2, 0) is 30.7 Å². The number of hydrogen-bond acceptors (Lipinski definition) is 5. The van der Waals surface area contributed by atoms with E-state index in [1.807, 2.05) is 29.2 Å². The number of rotatable bonds is 9. The van der Waals surface area contributed by atoms with Crippen LogP contribution >= 0.6 is 11.6 Å². The molecule has 1 aliphatic heterocycles. The highest BCUT2D eigenvalue weighted by atomic mass is 35.5. The molecule has 10 heteroatoms. The molecule has 1 saturated heterocycles. The number of methoxy groups -OCH3 is 1. The fraction of sp³-hybridized carbons (Fsp3) is 0.516. The maximum atomic E-state index is 13.4. The topological polar surface area (TPSA) is 101 Å². The summed E-state index contributed by atoms with van der Waals surface area (Å²) < 4.78 is 40.4. The zero-order valence-electron chi connectivity index (χ0n) is 24.0. The third-order valence-corrected chi connectivity index (χ3v) is 10.4. The first-order chi connectivity index (χ1) is 19.7. The van der Waals surface area contributed by atoms with Crippen LogP contribution in [0.1, 0.15) is 45.1 Å². The molecule has 1 aromatic heterocycles. The van der Waals surface area contributed by atoms with Gasteiger partial charge in [-0.2, -0.15) is 0 Å². The third-order valence-electron chi connectivity index (χ3n) is 8.47. The van der Waals surface area contributed by atoms with Crippen molar-refractivity contribution in [1.29, 1.82) is 0 Å². The summed E-state index contributed by atoms with van der Waals surface area (Å²) in [4.78, 5) is 18.8. The van der Waals surface area contributed by atoms with Gasteiger partial charge in [-0.1, -0.05) is 49.7 Å². The quantitative estimate of drug-likeness (QED) is 0.342. The minimum atomic E-state index is -3.75. The number of aromatic amines is 1. The van der Waals surface area contributed by atoms with E-state index in [9.17, 15) is 13.2 Å². The first kappa shape index (κ1) is 30.0. The molecule has 2 N–H and O–H groups in total. The molecule has 2 fully saturated rings. The SMILES string of the molecule is COCCc1ccc(-c2[nH]c3cc(S(=O)(=O)NC4CCC(C(=O)N5CCOC[C@@H]5C(C)C)CC4)ccc3c2Cl)cc1. The predicted molar refractivity (Wildman–Crippen MR) is 162 cm³/mol. The van der Waals surface area contributed by atoms with Gasteiger partial charge in [0.25, 0.3) is 0 Å². The van der Waals surface area contributed by atoms with Crippen LogP contribution in [-0.4, -0.2) is 69.8 Å². The number of aromatic nitrogens is 1. The Hall–Kier alpha value is -2.43. The summed E-state index contributed by atoms with van der Waals surface area (Å²) in [5.74, 6) is 0.444. The van der Waals surface area contributed by atoms with Gasteiger partial charge in [0.2, 0.25) is 15.9 Å². The van der Waals surface area contributed by atoms with Crippen molar-refractivity contribution in [1.82, 2.24) is 14.6 Å². The number of ether oxygens (including phenoxy) is 2. The van der Waals surface area contributed by atoms with Gasteiger partial charge in [0.05, 0.1) is 41.5 Å². The Bertz CT molecular complexity index is 1460. The van der Waals surface area contributed by atoms with Crippen LogP contribution in [0.15, 0.2) is 47.4 Å². The van der Waals surface area contributed by atoms with Gasteiger partial charge in [-0.05, 0) is 67.3 Å². The van der Waals surface area contributed by atoms with Gasteiger partial charge in [-0.3, -0.25) is 4.79 Å². The molecule has 5 rings (SSSR count). The smallest absolute Gasteiger partial charge is 0.240 e. The minimum Gasteiger partial charge on any atom is -0.384 e. The number of carbonyl (C=O) groups excluding carboxylic acids is 1. The second-order valence-corrected chi connectivity index (χ2v) is 13.6. The van der Waals surface area contributed by atoms with E-state index in [1.165, 1.54) is 5.56 Å². The lowest BCUT2D eigenvalue weighted by Crippen LogP contribution is -2.53. The summed E-state index contributed by atoms with van der Waals surface area (Å²) in [5, 5.41) is 1.33. The Morgan fingerprint density at radius 3 is 2.56 bits per heavy atom. The van der Waals surface area contributed by atoms with Gasteiger partial charge >= 0.3 is 0 Å². The highest BCUT2D eigenvalue weighted by molar-refractivity contribution is 7.89. The number of carbonyl (C=O) groups is 1. The van der Waals surface area contributed by atoms with E-state index in [0.717, 1.165) is 23.1 Å². The molecule has 0 radical (unpaired) electrons. The number of halogens is 1. The van der Waals surface area contributed by atoms with Crippen LogP contribution in [0.5, 0.6) is 0 Å². The van der Waals surface area contributed by atoms with Gasteiger partial charge in [0.15, 0.2) is 0 Å². The fourth-order valence-electron chi connectivity index (χ4n) is 6.00. The Morgan fingerprint density at radius 1 is 1.15 bits per heavy atom. The molecule has 0 spiro atoms. The maximum Gasteiger partial charge on any atom is 0.240 e. The summed E-state index contributed by atoms with van der Waals surface area (Å²) in [6.07, 6.45) is 3.44. The molecular formula is C31H40ClN3O5S. The van der Waals surface area contributed by atoms with Crippen molar-refractivity contribution in [2.45, 2.75) is 62.9 Å². The van der Waals surface area contributed by atoms with Crippen molar-refractivity contribution in [3.8, 4) is 11.3 Å². The average Bonchev–Trinajstić information content (AvgIpc) is 3.31. The molecule has 222 valence electrons. The van der Waals surface area contributed by atoms with E-state index in [2.05, 4.69) is 23.6 Å². The molecule has 41 heavy (non-hydrogen) atoms. The van der Waals surface area contributed by atoms with E-state index in [1.54, 1.807) is 25.3 Å². The Labute approximate surface area is 247 Å². The van der Waals surface area contributed by atoms with Crippen LogP contribution in [0.3, 0.4) is 0 Å². The van der Waals surface area contributed by atoms with Crippen LogP contribution in [0.4, 0.5) is 0 Å². The monoisotopic (exact) mass is 601 g/mol. The number of benzene rings is 2. The highest BCUT2D eigenvalue weighted by Gasteiger charge is 2.36. The lowest BCUT2D eigenvalue weighted by atomic mass is 9.85. The van der Waals surface area contributed by atoms with E-state index >= 15 is 0 Å².